The van der Waals surface area contributed by atoms with E-state index in [1.54, 1.807) is 39.8 Å². The largest absolute Gasteiger partial charge is 0.462 e. The zero-order chi connectivity index (χ0) is 35.3. The number of ketones is 3. The molecule has 1 aliphatic heterocycles. The highest BCUT2D eigenvalue weighted by Gasteiger charge is 2.34. The van der Waals surface area contributed by atoms with Crippen LogP contribution >= 0.6 is 0 Å². The number of ether oxygens (including phenoxy) is 2. The van der Waals surface area contributed by atoms with Gasteiger partial charge in [-0.15, -0.1) is 0 Å². The monoisotopic (exact) mass is 646 g/mol. The Morgan fingerprint density at radius 2 is 1.54 bits per heavy atom. The first-order valence-corrected chi connectivity index (χ1v) is 16.2. The summed E-state index contributed by atoms with van der Waals surface area (Å²) >= 11 is 0. The molecule has 0 aliphatic carbocycles. The zero-order valence-electron chi connectivity index (χ0n) is 28.7. The summed E-state index contributed by atoms with van der Waals surface area (Å²) in [6.07, 6.45) is 2.61. The van der Waals surface area contributed by atoms with Gasteiger partial charge in [-0.2, -0.15) is 0 Å². The van der Waals surface area contributed by atoms with E-state index in [2.05, 4.69) is 6.58 Å². The number of aliphatic hydroxyl groups is 3. The van der Waals surface area contributed by atoms with Crippen LogP contribution in [0.25, 0.3) is 0 Å². The fourth-order valence-electron chi connectivity index (χ4n) is 5.36. The Hall–Kier alpha value is -3.21. The Morgan fingerprint density at radius 3 is 2.09 bits per heavy atom. The van der Waals surface area contributed by atoms with Crippen LogP contribution in [-0.4, -0.2) is 69.0 Å². The second kappa shape index (κ2) is 19.5. The molecule has 0 saturated heterocycles. The smallest absolute Gasteiger partial charge is 0.342 e. The average molecular weight is 647 g/mol. The van der Waals surface area contributed by atoms with Crippen molar-refractivity contribution < 1.29 is 48.8 Å². The standard InChI is InChI=1S/C36H54O10/c1-10-28(13-12-22(4)37)17-29(38)16-21(3)15-20(2)11-14-30(39)25(7)32(41)18-31(40)23(5)26(8)45-34(43)19-33(42)35-24(6)27(9)46-36(35)44/h12-13,17,20-21,23,25-26,30-31,33,39-40,42H,9-11,14-16,18-19H2,1-8H3/b13-12+,28-17+/t20?,21-,23-,25+,26-,30?,31?,33?/m1/s1. The molecule has 0 fully saturated rings. The topological polar surface area (TPSA) is 164 Å². The number of cyclic esters (lactones) is 1. The first-order chi connectivity index (χ1) is 21.4. The van der Waals surface area contributed by atoms with Crippen LogP contribution in [0.3, 0.4) is 0 Å². The van der Waals surface area contributed by atoms with Gasteiger partial charge in [-0.3, -0.25) is 19.2 Å². The maximum atomic E-state index is 12.9. The van der Waals surface area contributed by atoms with Gasteiger partial charge in [-0.05, 0) is 76.0 Å². The molecule has 1 rings (SSSR count). The SMILES string of the molecule is C=C1OC(=O)C(C(O)CC(=O)O[C@H](C)[C@@H](C)C(O)CC(=O)[C@@H](C)C(O)CCC(C)C[C@@H](C)CC(=O)/C=C(/C=C/C(C)=O)CC)=C1C. The molecule has 258 valence electrons. The third-order valence-electron chi connectivity index (χ3n) is 8.71. The molecule has 46 heavy (non-hydrogen) atoms. The van der Waals surface area contributed by atoms with Gasteiger partial charge in [-0.25, -0.2) is 4.79 Å². The number of esters is 2. The highest BCUT2D eigenvalue weighted by molar-refractivity contribution is 5.96. The number of carbonyl (C=O) groups excluding carboxylic acids is 5. The van der Waals surface area contributed by atoms with E-state index in [9.17, 15) is 39.3 Å². The van der Waals surface area contributed by atoms with Gasteiger partial charge in [-0.1, -0.05) is 47.3 Å². The molecule has 0 aromatic carbocycles. The number of rotatable bonds is 21. The predicted molar refractivity (Wildman–Crippen MR) is 174 cm³/mol. The molecule has 0 amide bonds. The van der Waals surface area contributed by atoms with Crippen LogP contribution in [0.2, 0.25) is 0 Å². The van der Waals surface area contributed by atoms with Crippen LogP contribution in [-0.2, 0) is 33.4 Å². The second-order valence-corrected chi connectivity index (χ2v) is 12.9. The molecular weight excluding hydrogens is 592 g/mol. The molecule has 0 aromatic rings. The summed E-state index contributed by atoms with van der Waals surface area (Å²) in [4.78, 5) is 60.9. The lowest BCUT2D eigenvalue weighted by molar-refractivity contribution is -0.154. The van der Waals surface area contributed by atoms with Crippen molar-refractivity contribution in [3.63, 3.8) is 0 Å². The third kappa shape index (κ3) is 13.6. The van der Waals surface area contributed by atoms with Crippen LogP contribution in [0, 0.1) is 23.7 Å². The number of hydrogen-bond donors (Lipinski definition) is 3. The Morgan fingerprint density at radius 1 is 0.913 bits per heavy atom. The van der Waals surface area contributed by atoms with Crippen molar-refractivity contribution in [1.29, 1.82) is 0 Å². The minimum absolute atomic E-state index is 0.00786. The summed E-state index contributed by atoms with van der Waals surface area (Å²) in [6, 6.07) is 0. The fraction of sp³-hybridized carbons (Fsp3) is 0.639. The van der Waals surface area contributed by atoms with Gasteiger partial charge in [0.25, 0.3) is 0 Å². The van der Waals surface area contributed by atoms with Crippen LogP contribution in [0.5, 0.6) is 0 Å². The van der Waals surface area contributed by atoms with E-state index < -0.39 is 54.6 Å². The van der Waals surface area contributed by atoms with Crippen molar-refractivity contribution in [2.75, 3.05) is 0 Å². The summed E-state index contributed by atoms with van der Waals surface area (Å²) in [5, 5.41) is 31.8. The van der Waals surface area contributed by atoms with Crippen molar-refractivity contribution in [3.8, 4) is 0 Å². The predicted octanol–water partition coefficient (Wildman–Crippen LogP) is 4.89. The minimum atomic E-state index is -1.43. The van der Waals surface area contributed by atoms with E-state index in [4.69, 9.17) is 9.47 Å². The molecule has 0 saturated carbocycles. The summed E-state index contributed by atoms with van der Waals surface area (Å²) in [5.74, 6) is -2.80. The average Bonchev–Trinajstić information content (AvgIpc) is 3.22. The van der Waals surface area contributed by atoms with E-state index in [-0.39, 0.29) is 46.9 Å². The van der Waals surface area contributed by atoms with E-state index in [1.807, 2.05) is 20.8 Å². The van der Waals surface area contributed by atoms with Crippen molar-refractivity contribution in [2.24, 2.45) is 23.7 Å². The summed E-state index contributed by atoms with van der Waals surface area (Å²) < 4.78 is 10.2. The van der Waals surface area contributed by atoms with Gasteiger partial charge >= 0.3 is 11.9 Å². The van der Waals surface area contributed by atoms with Crippen molar-refractivity contribution in [1.82, 2.24) is 0 Å². The Bertz CT molecular complexity index is 1210. The number of allylic oxidation sites excluding steroid dienone is 5. The summed E-state index contributed by atoms with van der Waals surface area (Å²) in [5.41, 5.74) is 1.12. The first-order valence-electron chi connectivity index (χ1n) is 16.2. The lowest BCUT2D eigenvalue weighted by Gasteiger charge is -2.27. The molecular formula is C36H54O10. The maximum absolute atomic E-state index is 12.9. The number of carbonyl (C=O) groups is 5. The summed E-state index contributed by atoms with van der Waals surface area (Å²) in [6.45, 7) is 17.4. The number of hydrogen-bond acceptors (Lipinski definition) is 10. The first kappa shape index (κ1) is 40.8. The van der Waals surface area contributed by atoms with Crippen molar-refractivity contribution in [2.45, 2.75) is 125 Å². The van der Waals surface area contributed by atoms with Gasteiger partial charge in [0, 0.05) is 30.3 Å². The van der Waals surface area contributed by atoms with Crippen molar-refractivity contribution >= 4 is 29.3 Å². The molecule has 0 radical (unpaired) electrons. The molecule has 10 heteroatoms. The van der Waals surface area contributed by atoms with Gasteiger partial charge in [0.05, 0.1) is 30.3 Å². The van der Waals surface area contributed by atoms with Gasteiger partial charge < -0.3 is 24.8 Å². The molecule has 0 spiro atoms. The van der Waals surface area contributed by atoms with Crippen molar-refractivity contribution in [3.05, 3.63) is 47.3 Å². The van der Waals surface area contributed by atoms with Gasteiger partial charge in [0.1, 0.15) is 17.6 Å². The molecule has 8 atom stereocenters. The minimum Gasteiger partial charge on any atom is -0.462 e. The molecule has 0 aromatic heterocycles. The lowest BCUT2D eigenvalue weighted by Crippen LogP contribution is -2.36. The Kier molecular flexibility index (Phi) is 17.3. The summed E-state index contributed by atoms with van der Waals surface area (Å²) in [7, 11) is 0. The number of aliphatic hydroxyl groups excluding tert-OH is 3. The van der Waals surface area contributed by atoms with Gasteiger partial charge in [0.2, 0.25) is 0 Å². The highest BCUT2D eigenvalue weighted by atomic mass is 16.5. The van der Waals surface area contributed by atoms with Crippen LogP contribution < -0.4 is 0 Å². The van der Waals surface area contributed by atoms with Crippen LogP contribution in [0.15, 0.2) is 47.3 Å². The molecule has 1 heterocycles. The highest BCUT2D eigenvalue weighted by Crippen LogP contribution is 2.28. The quantitative estimate of drug-likeness (QED) is 0.0888. The molecule has 10 nitrogen and oxygen atoms in total. The van der Waals surface area contributed by atoms with Crippen LogP contribution in [0.1, 0.15) is 100 Å². The Labute approximate surface area is 273 Å². The fourth-order valence-corrected chi connectivity index (χ4v) is 5.36. The molecule has 3 N–H and O–H groups in total. The van der Waals surface area contributed by atoms with E-state index >= 15 is 0 Å². The van der Waals surface area contributed by atoms with Crippen LogP contribution in [0.4, 0.5) is 0 Å². The van der Waals surface area contributed by atoms with Gasteiger partial charge in [0.15, 0.2) is 11.6 Å². The second-order valence-electron chi connectivity index (χ2n) is 12.9. The third-order valence-corrected chi connectivity index (χ3v) is 8.71. The Balaban J connectivity index is 2.52. The molecule has 4 unspecified atom stereocenters. The number of Topliss-reactive ketones (excluding diaryl/α,β-unsaturated/α-hetero) is 1. The lowest BCUT2D eigenvalue weighted by atomic mass is 9.85. The zero-order valence-corrected chi connectivity index (χ0v) is 28.7. The van der Waals surface area contributed by atoms with E-state index in [1.165, 1.54) is 13.0 Å². The van der Waals surface area contributed by atoms with E-state index in [0.717, 1.165) is 12.0 Å². The molecule has 1 aliphatic rings. The normalized spacial score (nSPS) is 19.2. The maximum Gasteiger partial charge on any atom is 0.342 e. The van der Waals surface area contributed by atoms with E-state index in [0.29, 0.717) is 31.3 Å². The molecule has 0 bridgehead atoms.